The highest BCUT2D eigenvalue weighted by atomic mass is 35.5. The Hall–Kier alpha value is -0.530. The van der Waals surface area contributed by atoms with Crippen molar-refractivity contribution in [2.45, 2.75) is 65.5 Å². The summed E-state index contributed by atoms with van der Waals surface area (Å²) in [7, 11) is 0. The fraction of sp³-hybridized carbons (Fsp3) is 0.647. The summed E-state index contributed by atoms with van der Waals surface area (Å²) in [6.45, 7) is 9.11. The Morgan fingerprint density at radius 2 is 1.84 bits per heavy atom. The Kier molecular flexibility index (Phi) is 7.48. The first kappa shape index (κ1) is 16.5. The van der Waals surface area contributed by atoms with Crippen LogP contribution < -0.4 is 5.32 Å². The van der Waals surface area contributed by atoms with E-state index in [1.807, 2.05) is 12.1 Å². The number of hydrogen-bond donors (Lipinski definition) is 1. The Balaban J connectivity index is 2.69. The molecular weight excluding hydrogens is 254 g/mol. The maximum Gasteiger partial charge on any atom is 0.0409 e. The van der Waals surface area contributed by atoms with E-state index in [9.17, 15) is 0 Å². The van der Waals surface area contributed by atoms with Gasteiger partial charge in [-0.15, -0.1) is 0 Å². The topological polar surface area (TPSA) is 12.0 Å². The molecule has 0 bridgehead atoms. The summed E-state index contributed by atoms with van der Waals surface area (Å²) in [5.41, 5.74) is 1.30. The van der Waals surface area contributed by atoms with Gasteiger partial charge in [-0.3, -0.25) is 0 Å². The fourth-order valence-electron chi connectivity index (χ4n) is 2.46. The van der Waals surface area contributed by atoms with Crippen LogP contribution in [0.2, 0.25) is 5.02 Å². The Morgan fingerprint density at radius 1 is 1.11 bits per heavy atom. The minimum atomic E-state index is 0.410. The fourth-order valence-corrected chi connectivity index (χ4v) is 2.66. The molecule has 19 heavy (non-hydrogen) atoms. The van der Waals surface area contributed by atoms with Crippen LogP contribution in [0.4, 0.5) is 0 Å². The molecule has 3 atom stereocenters. The number of rotatable bonds is 8. The van der Waals surface area contributed by atoms with Crippen LogP contribution in [0.5, 0.6) is 0 Å². The van der Waals surface area contributed by atoms with Crippen molar-refractivity contribution in [3.05, 3.63) is 34.9 Å². The van der Waals surface area contributed by atoms with Gasteiger partial charge in [0.2, 0.25) is 0 Å². The minimum absolute atomic E-state index is 0.410. The quantitative estimate of drug-likeness (QED) is 0.654. The molecular formula is C17H28ClN. The zero-order chi connectivity index (χ0) is 14.3. The molecule has 0 amide bonds. The van der Waals surface area contributed by atoms with E-state index in [1.54, 1.807) is 0 Å². The smallest absolute Gasteiger partial charge is 0.0409 e. The van der Waals surface area contributed by atoms with Crippen LogP contribution in [0.3, 0.4) is 0 Å². The average Bonchev–Trinajstić information content (AvgIpc) is 2.42. The lowest BCUT2D eigenvalue weighted by atomic mass is 9.95. The average molecular weight is 282 g/mol. The maximum atomic E-state index is 6.10. The zero-order valence-corrected chi connectivity index (χ0v) is 13.5. The van der Waals surface area contributed by atoms with E-state index in [4.69, 9.17) is 11.6 Å². The Morgan fingerprint density at radius 3 is 2.37 bits per heavy atom. The van der Waals surface area contributed by atoms with Gasteiger partial charge in [-0.25, -0.2) is 0 Å². The first-order chi connectivity index (χ1) is 9.10. The van der Waals surface area contributed by atoms with Crippen molar-refractivity contribution < 1.29 is 0 Å². The molecule has 0 spiro atoms. The lowest BCUT2D eigenvalue weighted by Crippen LogP contribution is -2.33. The number of nitrogens with one attached hydrogen (secondary N) is 1. The second-order valence-corrected chi connectivity index (χ2v) is 5.97. The minimum Gasteiger partial charge on any atom is -0.307 e. The first-order valence-corrected chi connectivity index (χ1v) is 7.99. The molecule has 0 fully saturated rings. The molecule has 1 nitrogen and oxygen atoms in total. The summed E-state index contributed by atoms with van der Waals surface area (Å²) in [6.07, 6.45) is 4.79. The molecule has 0 aliphatic carbocycles. The van der Waals surface area contributed by atoms with Gasteiger partial charge >= 0.3 is 0 Å². The van der Waals surface area contributed by atoms with Crippen molar-refractivity contribution in [3.8, 4) is 0 Å². The van der Waals surface area contributed by atoms with Crippen molar-refractivity contribution >= 4 is 11.6 Å². The molecule has 0 aromatic heterocycles. The molecule has 0 saturated carbocycles. The molecule has 108 valence electrons. The van der Waals surface area contributed by atoms with Gasteiger partial charge in [0.25, 0.3) is 0 Å². The zero-order valence-electron chi connectivity index (χ0n) is 12.7. The third-order valence-corrected chi connectivity index (χ3v) is 4.21. The van der Waals surface area contributed by atoms with Crippen LogP contribution in [-0.2, 0) is 0 Å². The summed E-state index contributed by atoms with van der Waals surface area (Å²) in [6, 6.07) is 9.24. The van der Waals surface area contributed by atoms with Crippen LogP contribution in [0.1, 0.15) is 65.0 Å². The predicted octanol–water partition coefficient (Wildman–Crippen LogP) is 5.60. The predicted molar refractivity (Wildman–Crippen MR) is 85.8 cm³/mol. The van der Waals surface area contributed by atoms with Crippen LogP contribution in [0.25, 0.3) is 0 Å². The third-order valence-electron chi connectivity index (χ3n) is 3.97. The highest BCUT2D eigenvalue weighted by molar-refractivity contribution is 6.30. The largest absolute Gasteiger partial charge is 0.307 e. The van der Waals surface area contributed by atoms with Gasteiger partial charge < -0.3 is 5.32 Å². The molecule has 1 N–H and O–H groups in total. The van der Waals surface area contributed by atoms with Crippen molar-refractivity contribution in [1.82, 2.24) is 5.32 Å². The Labute approximate surface area is 123 Å². The van der Waals surface area contributed by atoms with Crippen molar-refractivity contribution in [1.29, 1.82) is 0 Å². The molecule has 0 aliphatic rings. The first-order valence-electron chi connectivity index (χ1n) is 7.62. The van der Waals surface area contributed by atoms with Crippen molar-refractivity contribution in [3.63, 3.8) is 0 Å². The van der Waals surface area contributed by atoms with Crippen LogP contribution in [0.15, 0.2) is 24.3 Å². The van der Waals surface area contributed by atoms with Crippen molar-refractivity contribution in [2.75, 3.05) is 0 Å². The van der Waals surface area contributed by atoms with E-state index in [0.29, 0.717) is 12.1 Å². The lowest BCUT2D eigenvalue weighted by molar-refractivity contribution is 0.346. The van der Waals surface area contributed by atoms with Gasteiger partial charge in [0.05, 0.1) is 0 Å². The molecule has 3 unspecified atom stereocenters. The summed E-state index contributed by atoms with van der Waals surface area (Å²) >= 11 is 6.10. The van der Waals surface area contributed by atoms with E-state index in [-0.39, 0.29) is 0 Å². The van der Waals surface area contributed by atoms with E-state index in [2.05, 4.69) is 45.1 Å². The molecule has 1 aromatic rings. The summed E-state index contributed by atoms with van der Waals surface area (Å²) in [4.78, 5) is 0. The van der Waals surface area contributed by atoms with E-state index in [1.165, 1.54) is 24.8 Å². The lowest BCUT2D eigenvalue weighted by Gasteiger charge is -2.26. The van der Waals surface area contributed by atoms with E-state index in [0.717, 1.165) is 17.4 Å². The monoisotopic (exact) mass is 281 g/mol. The molecule has 1 aromatic carbocycles. The second kappa shape index (κ2) is 8.60. The van der Waals surface area contributed by atoms with Gasteiger partial charge in [-0.2, -0.15) is 0 Å². The summed E-state index contributed by atoms with van der Waals surface area (Å²) < 4.78 is 0. The molecule has 0 saturated heterocycles. The number of hydrogen-bond acceptors (Lipinski definition) is 1. The molecule has 0 heterocycles. The van der Waals surface area contributed by atoms with Gasteiger partial charge in [-0.1, -0.05) is 57.8 Å². The molecule has 2 heteroatoms. The standard InChI is InChI=1S/C17H28ClN/c1-5-13(4)11-16(6-2)19-17(7-3)14-9-8-10-15(18)12-14/h8-10,12-13,16-17,19H,5-7,11H2,1-4H3. The van der Waals surface area contributed by atoms with Crippen LogP contribution in [0, 0.1) is 5.92 Å². The van der Waals surface area contributed by atoms with Crippen LogP contribution >= 0.6 is 11.6 Å². The number of halogens is 1. The Bertz CT molecular complexity index is 364. The van der Waals surface area contributed by atoms with Gasteiger partial charge in [0.1, 0.15) is 0 Å². The summed E-state index contributed by atoms with van der Waals surface area (Å²) in [5, 5.41) is 4.63. The van der Waals surface area contributed by atoms with Gasteiger partial charge in [0, 0.05) is 17.1 Å². The summed E-state index contributed by atoms with van der Waals surface area (Å²) in [5.74, 6) is 0.786. The van der Waals surface area contributed by atoms with Crippen molar-refractivity contribution in [2.24, 2.45) is 5.92 Å². The highest BCUT2D eigenvalue weighted by Crippen LogP contribution is 2.23. The highest BCUT2D eigenvalue weighted by Gasteiger charge is 2.16. The SMILES string of the molecule is CCC(C)CC(CC)NC(CC)c1cccc(Cl)c1. The second-order valence-electron chi connectivity index (χ2n) is 5.54. The van der Waals surface area contributed by atoms with Crippen LogP contribution in [-0.4, -0.2) is 6.04 Å². The molecule has 0 aliphatic heterocycles. The van der Waals surface area contributed by atoms with E-state index < -0.39 is 0 Å². The van der Waals surface area contributed by atoms with Gasteiger partial charge in [0.15, 0.2) is 0 Å². The molecule has 0 radical (unpaired) electrons. The molecule has 1 rings (SSSR count). The van der Waals surface area contributed by atoms with E-state index >= 15 is 0 Å². The van der Waals surface area contributed by atoms with Gasteiger partial charge in [-0.05, 0) is 42.9 Å². The number of benzene rings is 1. The third kappa shape index (κ3) is 5.54. The maximum absolute atomic E-state index is 6.10. The normalized spacial score (nSPS) is 16.1.